The van der Waals surface area contributed by atoms with Crippen molar-refractivity contribution in [3.63, 3.8) is 0 Å². The molecule has 0 bridgehead atoms. The molecule has 0 spiro atoms. The fourth-order valence-corrected chi connectivity index (χ4v) is 4.52. The van der Waals surface area contributed by atoms with Crippen LogP contribution in [0.4, 0.5) is 11.4 Å². The van der Waals surface area contributed by atoms with Gasteiger partial charge >= 0.3 is 11.4 Å². The van der Waals surface area contributed by atoms with Crippen molar-refractivity contribution in [2.24, 2.45) is 0 Å². The van der Waals surface area contributed by atoms with Gasteiger partial charge in [-0.25, -0.2) is 0 Å². The Morgan fingerprint density at radius 2 is 1.05 bits per heavy atom. The van der Waals surface area contributed by atoms with E-state index in [1.807, 2.05) is 0 Å². The molecule has 16 nitrogen and oxygen atoms in total. The first kappa shape index (κ1) is 27.8. The van der Waals surface area contributed by atoms with E-state index in [1.54, 1.807) is 0 Å². The highest BCUT2D eigenvalue weighted by Gasteiger charge is 2.35. The molecule has 0 heterocycles. The lowest BCUT2D eigenvalue weighted by Crippen LogP contribution is -2.00. The molecule has 0 fully saturated rings. The van der Waals surface area contributed by atoms with Crippen LogP contribution in [0.25, 0.3) is 21.5 Å². The molecular formula is C20H14N2O14S2. The second-order valence-electron chi connectivity index (χ2n) is 7.39. The Bertz CT molecular complexity index is 1800. The van der Waals surface area contributed by atoms with Crippen molar-refractivity contribution >= 4 is 53.2 Å². The molecule has 0 aliphatic rings. The van der Waals surface area contributed by atoms with E-state index in [2.05, 4.69) is 0 Å². The van der Waals surface area contributed by atoms with E-state index in [9.17, 15) is 57.5 Å². The molecule has 0 saturated carbocycles. The van der Waals surface area contributed by atoms with Crippen LogP contribution in [-0.4, -0.2) is 56.2 Å². The molecular weight excluding hydrogens is 556 g/mol. The Balaban J connectivity index is 0.000000212. The second kappa shape index (κ2) is 9.59. The summed E-state index contributed by atoms with van der Waals surface area (Å²) in [7, 11) is -9.26. The van der Waals surface area contributed by atoms with Gasteiger partial charge in [-0.15, -0.1) is 0 Å². The highest BCUT2D eigenvalue weighted by atomic mass is 32.2. The van der Waals surface area contributed by atoms with Gasteiger partial charge in [0, 0.05) is 17.5 Å². The lowest BCUT2D eigenvalue weighted by Gasteiger charge is -2.08. The molecule has 0 aromatic heterocycles. The third-order valence-corrected chi connectivity index (χ3v) is 6.69. The maximum Gasteiger partial charge on any atom is 0.391 e. The average molecular weight is 570 g/mol. The van der Waals surface area contributed by atoms with Gasteiger partial charge in [0.1, 0.15) is 11.5 Å². The normalized spacial score (nSPS) is 11.6. The molecule has 18 heteroatoms. The van der Waals surface area contributed by atoms with Crippen molar-refractivity contribution in [3.8, 4) is 23.0 Å². The Labute approximate surface area is 211 Å². The summed E-state index contributed by atoms with van der Waals surface area (Å²) in [5, 5.41) is 59.6. The van der Waals surface area contributed by atoms with Crippen LogP contribution in [0.15, 0.2) is 58.3 Å². The third-order valence-electron chi connectivity index (χ3n) is 5.03. The van der Waals surface area contributed by atoms with Crippen LogP contribution >= 0.6 is 0 Å². The van der Waals surface area contributed by atoms with Gasteiger partial charge in [0.2, 0.25) is 5.75 Å². The zero-order valence-electron chi connectivity index (χ0n) is 18.3. The van der Waals surface area contributed by atoms with Crippen LogP contribution in [0, 0.1) is 20.2 Å². The molecule has 4 rings (SSSR count). The monoisotopic (exact) mass is 570 g/mol. The van der Waals surface area contributed by atoms with Crippen LogP contribution in [-0.2, 0) is 20.2 Å². The molecule has 4 aromatic carbocycles. The minimum atomic E-state index is -4.63. The largest absolute Gasteiger partial charge is 0.507 e. The van der Waals surface area contributed by atoms with Crippen LogP contribution < -0.4 is 0 Å². The lowest BCUT2D eigenvalue weighted by atomic mass is 10.1. The molecule has 200 valence electrons. The maximum absolute atomic E-state index is 11.0. The minimum absolute atomic E-state index is 0.0210. The van der Waals surface area contributed by atoms with Gasteiger partial charge in [0.05, 0.1) is 30.4 Å². The van der Waals surface area contributed by atoms with Gasteiger partial charge in [-0.1, -0.05) is 18.2 Å². The van der Waals surface area contributed by atoms with E-state index < -0.39 is 74.2 Å². The topological polar surface area (TPSA) is 276 Å². The average Bonchev–Trinajstić information content (AvgIpc) is 2.79. The quantitative estimate of drug-likeness (QED) is 0.0890. The standard InChI is InChI=1S/C10H6N2O6.C10H8O8S2/c13-9-6-4-2-1-3-5(6)7(11(15)16)8(10(9)14)12(17)18;11-8-3-6(19(13,14)15)1-5-2-7(20(16,17)18)4-9(12)10(5)8/h1-4,13-14H;1-4,11-12H,(H,13,14,15)(H,16,17,18). The molecule has 0 saturated heterocycles. The Morgan fingerprint density at radius 1 is 0.632 bits per heavy atom. The first-order valence-corrected chi connectivity index (χ1v) is 12.5. The summed E-state index contributed by atoms with van der Waals surface area (Å²) in [5.41, 5.74) is -1.96. The van der Waals surface area contributed by atoms with Gasteiger partial charge in [0.15, 0.2) is 5.75 Å². The number of nitro groups is 2. The predicted molar refractivity (Wildman–Crippen MR) is 127 cm³/mol. The third kappa shape index (κ3) is 5.18. The van der Waals surface area contributed by atoms with E-state index in [4.69, 9.17) is 9.11 Å². The SMILES string of the molecule is O=S(=O)(O)c1cc(O)c2c(O)cc(S(=O)(=O)O)cc2c1.O=[N+]([O-])c1c(O)c(O)c2ccccc2c1[N+](=O)[O-]. The fourth-order valence-electron chi connectivity index (χ4n) is 3.45. The van der Waals surface area contributed by atoms with E-state index in [1.165, 1.54) is 24.3 Å². The van der Waals surface area contributed by atoms with Gasteiger partial charge in [0.25, 0.3) is 20.2 Å². The lowest BCUT2D eigenvalue weighted by molar-refractivity contribution is -0.421. The zero-order chi connectivity index (χ0) is 28.7. The van der Waals surface area contributed by atoms with Gasteiger partial charge < -0.3 is 20.4 Å². The number of phenols is 4. The first-order valence-electron chi connectivity index (χ1n) is 9.65. The Morgan fingerprint density at radius 3 is 1.45 bits per heavy atom. The summed E-state index contributed by atoms with van der Waals surface area (Å²) >= 11 is 0. The van der Waals surface area contributed by atoms with E-state index >= 15 is 0 Å². The molecule has 6 N–H and O–H groups in total. The van der Waals surface area contributed by atoms with Crippen LogP contribution in [0.5, 0.6) is 23.0 Å². The molecule has 0 amide bonds. The zero-order valence-corrected chi connectivity index (χ0v) is 19.9. The summed E-state index contributed by atoms with van der Waals surface area (Å²) in [6.07, 6.45) is 0. The molecule has 0 atom stereocenters. The minimum Gasteiger partial charge on any atom is -0.507 e. The molecule has 0 radical (unpaired) electrons. The number of hydrogen-bond donors (Lipinski definition) is 6. The highest BCUT2D eigenvalue weighted by molar-refractivity contribution is 7.86. The summed E-state index contributed by atoms with van der Waals surface area (Å²) in [6.45, 7) is 0. The number of rotatable bonds is 4. The summed E-state index contributed by atoms with van der Waals surface area (Å²) in [6, 6.07) is 8.60. The molecule has 38 heavy (non-hydrogen) atoms. The molecule has 0 aliphatic carbocycles. The Kier molecular flexibility index (Phi) is 7.02. The van der Waals surface area contributed by atoms with Gasteiger partial charge in [-0.05, 0) is 23.6 Å². The van der Waals surface area contributed by atoms with Crippen LogP contribution in [0.3, 0.4) is 0 Å². The first-order chi connectivity index (χ1) is 17.4. The number of aromatic hydroxyl groups is 4. The van der Waals surface area contributed by atoms with Crippen LogP contribution in [0.1, 0.15) is 0 Å². The van der Waals surface area contributed by atoms with Gasteiger partial charge in [-0.3, -0.25) is 29.3 Å². The van der Waals surface area contributed by atoms with Crippen LogP contribution in [0.2, 0.25) is 0 Å². The number of fused-ring (bicyclic) bond motifs is 2. The van der Waals surface area contributed by atoms with E-state index in [0.29, 0.717) is 12.1 Å². The molecule has 0 unspecified atom stereocenters. The van der Waals surface area contributed by atoms with Crippen molar-refractivity contribution < 1.29 is 56.2 Å². The number of nitrogens with zero attached hydrogens (tertiary/aromatic N) is 2. The Hall–Kier alpha value is -4.78. The summed E-state index contributed by atoms with van der Waals surface area (Å²) < 4.78 is 61.8. The van der Waals surface area contributed by atoms with Crippen molar-refractivity contribution in [1.29, 1.82) is 0 Å². The van der Waals surface area contributed by atoms with E-state index in [-0.39, 0.29) is 21.5 Å². The smallest absolute Gasteiger partial charge is 0.391 e. The van der Waals surface area contributed by atoms with Gasteiger partial charge in [-0.2, -0.15) is 16.8 Å². The summed E-state index contributed by atoms with van der Waals surface area (Å²) in [4.78, 5) is 18.3. The number of hydrogen-bond acceptors (Lipinski definition) is 12. The summed E-state index contributed by atoms with van der Waals surface area (Å²) in [5.74, 6) is -3.20. The van der Waals surface area contributed by atoms with Crippen molar-refractivity contribution in [1.82, 2.24) is 0 Å². The van der Waals surface area contributed by atoms with Crippen molar-refractivity contribution in [2.75, 3.05) is 0 Å². The number of nitro benzene ring substituents is 2. The maximum atomic E-state index is 11.0. The second-order valence-corrected chi connectivity index (χ2v) is 10.2. The highest BCUT2D eigenvalue weighted by Crippen LogP contribution is 2.48. The van der Waals surface area contributed by atoms with Crippen molar-refractivity contribution in [3.05, 3.63) is 68.8 Å². The number of benzene rings is 4. The predicted octanol–water partition coefficient (Wildman–Crippen LogP) is 2.81. The fraction of sp³-hybridized carbons (Fsp3) is 0. The molecule has 4 aromatic rings. The number of phenolic OH excluding ortho intramolecular Hbond substituents is 4. The van der Waals surface area contributed by atoms with Crippen molar-refractivity contribution in [2.45, 2.75) is 9.79 Å². The van der Waals surface area contributed by atoms with E-state index in [0.717, 1.165) is 12.1 Å². The molecule has 0 aliphatic heterocycles.